The lowest BCUT2D eigenvalue weighted by molar-refractivity contribution is -0.0237. The van der Waals surface area contributed by atoms with Crippen LogP contribution < -0.4 is 0 Å². The van der Waals surface area contributed by atoms with Crippen LogP contribution in [0.4, 0.5) is 0 Å². The Kier molecular flexibility index (Phi) is 2.01. The standard InChI is InChI=1S/C9H18O2/c1-8(2,3)7(11)9(6-10)4-5-9/h7,10-11H,4-6H2,1-3H3/t7-/m0/s1. The van der Waals surface area contributed by atoms with Gasteiger partial charge < -0.3 is 10.2 Å². The Morgan fingerprint density at radius 1 is 1.36 bits per heavy atom. The van der Waals surface area contributed by atoms with Crippen LogP contribution in [0.5, 0.6) is 0 Å². The molecule has 1 aliphatic carbocycles. The highest BCUT2D eigenvalue weighted by Crippen LogP contribution is 2.52. The van der Waals surface area contributed by atoms with Gasteiger partial charge in [0.15, 0.2) is 0 Å². The van der Waals surface area contributed by atoms with Crippen LogP contribution in [0.1, 0.15) is 33.6 Å². The average molecular weight is 158 g/mol. The SMILES string of the molecule is CC(C)(C)[C@H](O)C1(CO)CC1. The second-order valence-electron chi connectivity index (χ2n) is 4.79. The molecule has 2 nitrogen and oxygen atoms in total. The molecule has 1 fully saturated rings. The molecular formula is C9H18O2. The fraction of sp³-hybridized carbons (Fsp3) is 1.00. The van der Waals surface area contributed by atoms with Crippen LogP contribution in [0, 0.1) is 10.8 Å². The summed E-state index contributed by atoms with van der Waals surface area (Å²) in [6.45, 7) is 6.15. The summed E-state index contributed by atoms with van der Waals surface area (Å²) >= 11 is 0. The van der Waals surface area contributed by atoms with Gasteiger partial charge >= 0.3 is 0 Å². The highest BCUT2D eigenvalue weighted by atomic mass is 16.3. The minimum absolute atomic E-state index is 0.0980. The van der Waals surface area contributed by atoms with E-state index in [0.29, 0.717) is 0 Å². The molecule has 11 heavy (non-hydrogen) atoms. The predicted molar refractivity (Wildman–Crippen MR) is 44.2 cm³/mol. The maximum Gasteiger partial charge on any atom is 0.0666 e. The second kappa shape index (κ2) is 2.46. The molecule has 0 unspecified atom stereocenters. The first-order valence-electron chi connectivity index (χ1n) is 4.21. The summed E-state index contributed by atoms with van der Waals surface area (Å²) in [5, 5.41) is 18.8. The normalized spacial score (nSPS) is 24.8. The molecule has 1 aliphatic rings. The molecule has 0 radical (unpaired) electrons. The van der Waals surface area contributed by atoms with Crippen LogP contribution in [0.2, 0.25) is 0 Å². The molecule has 66 valence electrons. The Bertz CT molecular complexity index is 142. The van der Waals surface area contributed by atoms with Crippen molar-refractivity contribution >= 4 is 0 Å². The molecule has 0 aromatic carbocycles. The number of hydrogen-bond donors (Lipinski definition) is 2. The van der Waals surface area contributed by atoms with E-state index in [1.165, 1.54) is 0 Å². The Balaban J connectivity index is 2.61. The van der Waals surface area contributed by atoms with Gasteiger partial charge in [0.05, 0.1) is 12.7 Å². The summed E-state index contributed by atoms with van der Waals surface area (Å²) in [5.41, 5.74) is -0.252. The van der Waals surface area contributed by atoms with Gasteiger partial charge in [0.1, 0.15) is 0 Å². The molecule has 1 saturated carbocycles. The summed E-state index contributed by atoms with van der Waals surface area (Å²) in [6, 6.07) is 0. The summed E-state index contributed by atoms with van der Waals surface area (Å²) in [6.07, 6.45) is 1.59. The lowest BCUT2D eigenvalue weighted by atomic mass is 9.79. The first kappa shape index (κ1) is 9.01. The molecule has 0 spiro atoms. The van der Waals surface area contributed by atoms with Crippen LogP contribution in [-0.4, -0.2) is 22.9 Å². The van der Waals surface area contributed by atoms with E-state index in [-0.39, 0.29) is 23.5 Å². The van der Waals surface area contributed by atoms with E-state index in [9.17, 15) is 5.11 Å². The monoisotopic (exact) mass is 158 g/mol. The molecule has 2 heteroatoms. The summed E-state index contributed by atoms with van der Waals surface area (Å²) in [4.78, 5) is 0. The number of hydrogen-bond acceptors (Lipinski definition) is 2. The smallest absolute Gasteiger partial charge is 0.0666 e. The minimum atomic E-state index is -0.361. The highest BCUT2D eigenvalue weighted by Gasteiger charge is 2.52. The molecule has 0 aromatic rings. The molecule has 0 aromatic heterocycles. The third-order valence-corrected chi connectivity index (χ3v) is 2.61. The topological polar surface area (TPSA) is 40.5 Å². The van der Waals surface area contributed by atoms with E-state index < -0.39 is 0 Å². The van der Waals surface area contributed by atoms with Gasteiger partial charge in [0, 0.05) is 5.41 Å². The summed E-state index contributed by atoms with van der Waals surface area (Å²) in [5.74, 6) is 0. The van der Waals surface area contributed by atoms with E-state index in [1.807, 2.05) is 20.8 Å². The van der Waals surface area contributed by atoms with Crippen molar-refractivity contribution < 1.29 is 10.2 Å². The van der Waals surface area contributed by atoms with Crippen LogP contribution in [0.15, 0.2) is 0 Å². The maximum absolute atomic E-state index is 9.82. The first-order chi connectivity index (χ1) is 4.92. The quantitative estimate of drug-likeness (QED) is 0.633. The summed E-state index contributed by atoms with van der Waals surface area (Å²) in [7, 11) is 0. The van der Waals surface area contributed by atoms with Gasteiger partial charge in [-0.3, -0.25) is 0 Å². The Morgan fingerprint density at radius 3 is 1.91 bits per heavy atom. The fourth-order valence-electron chi connectivity index (χ4n) is 1.60. The first-order valence-corrected chi connectivity index (χ1v) is 4.21. The van der Waals surface area contributed by atoms with E-state index in [4.69, 9.17) is 5.11 Å². The third kappa shape index (κ3) is 1.57. The van der Waals surface area contributed by atoms with Gasteiger partial charge in [-0.25, -0.2) is 0 Å². The van der Waals surface area contributed by atoms with Gasteiger partial charge in [-0.1, -0.05) is 20.8 Å². The highest BCUT2D eigenvalue weighted by molar-refractivity contribution is 5.02. The molecule has 0 heterocycles. The van der Waals surface area contributed by atoms with Crippen molar-refractivity contribution in [3.05, 3.63) is 0 Å². The lowest BCUT2D eigenvalue weighted by Crippen LogP contribution is -2.37. The van der Waals surface area contributed by atoms with Crippen LogP contribution in [0.3, 0.4) is 0 Å². The Morgan fingerprint density at radius 2 is 1.82 bits per heavy atom. The van der Waals surface area contributed by atoms with E-state index in [0.717, 1.165) is 12.8 Å². The van der Waals surface area contributed by atoms with E-state index >= 15 is 0 Å². The van der Waals surface area contributed by atoms with E-state index in [2.05, 4.69) is 0 Å². The fourth-order valence-corrected chi connectivity index (χ4v) is 1.60. The molecule has 0 aliphatic heterocycles. The molecule has 0 bridgehead atoms. The third-order valence-electron chi connectivity index (χ3n) is 2.61. The van der Waals surface area contributed by atoms with Crippen molar-refractivity contribution in [3.63, 3.8) is 0 Å². The van der Waals surface area contributed by atoms with E-state index in [1.54, 1.807) is 0 Å². The van der Waals surface area contributed by atoms with Crippen molar-refractivity contribution in [2.24, 2.45) is 10.8 Å². The van der Waals surface area contributed by atoms with Crippen molar-refractivity contribution in [3.8, 4) is 0 Å². The Hall–Kier alpha value is -0.0800. The predicted octanol–water partition coefficient (Wildman–Crippen LogP) is 1.17. The molecule has 0 saturated heterocycles. The largest absolute Gasteiger partial charge is 0.396 e. The van der Waals surface area contributed by atoms with Gasteiger partial charge in [0.2, 0.25) is 0 Å². The zero-order valence-corrected chi connectivity index (χ0v) is 7.59. The second-order valence-corrected chi connectivity index (χ2v) is 4.79. The molecule has 1 rings (SSSR count). The Labute approximate surface area is 68.2 Å². The number of aliphatic hydroxyl groups is 2. The molecule has 1 atom stereocenters. The van der Waals surface area contributed by atoms with Crippen LogP contribution in [0.25, 0.3) is 0 Å². The van der Waals surface area contributed by atoms with Gasteiger partial charge in [-0.05, 0) is 18.3 Å². The zero-order valence-electron chi connectivity index (χ0n) is 7.59. The van der Waals surface area contributed by atoms with Gasteiger partial charge in [-0.15, -0.1) is 0 Å². The van der Waals surface area contributed by atoms with Crippen LogP contribution >= 0.6 is 0 Å². The van der Waals surface area contributed by atoms with Crippen LogP contribution in [-0.2, 0) is 0 Å². The van der Waals surface area contributed by atoms with Crippen molar-refractivity contribution in [2.75, 3.05) is 6.61 Å². The van der Waals surface area contributed by atoms with Gasteiger partial charge in [-0.2, -0.15) is 0 Å². The molecule has 2 N–H and O–H groups in total. The molecule has 0 amide bonds. The molecular weight excluding hydrogens is 140 g/mol. The summed E-state index contributed by atoms with van der Waals surface area (Å²) < 4.78 is 0. The maximum atomic E-state index is 9.82. The average Bonchev–Trinajstić information content (AvgIpc) is 2.64. The van der Waals surface area contributed by atoms with Crippen molar-refractivity contribution in [1.29, 1.82) is 0 Å². The van der Waals surface area contributed by atoms with Crippen molar-refractivity contribution in [2.45, 2.75) is 39.7 Å². The zero-order chi connectivity index (χ0) is 8.70. The van der Waals surface area contributed by atoms with Crippen molar-refractivity contribution in [1.82, 2.24) is 0 Å². The van der Waals surface area contributed by atoms with Gasteiger partial charge in [0.25, 0.3) is 0 Å². The number of aliphatic hydroxyl groups excluding tert-OH is 2. The number of rotatable bonds is 2. The lowest BCUT2D eigenvalue weighted by Gasteiger charge is -2.32. The minimum Gasteiger partial charge on any atom is -0.396 e.